The van der Waals surface area contributed by atoms with Crippen LogP contribution in [-0.2, 0) is 23.8 Å². The van der Waals surface area contributed by atoms with Crippen LogP contribution < -0.4 is 10.6 Å². The molecule has 0 fully saturated rings. The fourth-order valence-electron chi connectivity index (χ4n) is 3.75. The number of carbonyl (C=O) groups excluding carboxylic acids is 3. The highest BCUT2D eigenvalue weighted by Gasteiger charge is 2.44. The van der Waals surface area contributed by atoms with Crippen molar-refractivity contribution in [2.45, 2.75) is 5.92 Å². The van der Waals surface area contributed by atoms with Crippen LogP contribution in [0.1, 0.15) is 21.8 Å². The fourth-order valence-corrected chi connectivity index (χ4v) is 3.75. The first kappa shape index (κ1) is 24.8. The molecule has 0 radical (unpaired) electrons. The number of anilines is 1. The summed E-state index contributed by atoms with van der Waals surface area (Å²) in [5.74, 6) is -6.89. The number of ether oxygens (including phenoxy) is 3. The first-order chi connectivity index (χ1) is 16.7. The van der Waals surface area contributed by atoms with Crippen LogP contribution in [0.5, 0.6) is 5.75 Å². The zero-order valence-corrected chi connectivity index (χ0v) is 18.9. The van der Waals surface area contributed by atoms with Crippen molar-refractivity contribution in [3.63, 3.8) is 0 Å². The Balaban J connectivity index is 2.48. The number of halogens is 1. The summed E-state index contributed by atoms with van der Waals surface area (Å²) in [5, 5.41) is 20.5. The van der Waals surface area contributed by atoms with Crippen LogP contribution in [0.25, 0.3) is 0 Å². The second-order valence-corrected chi connectivity index (χ2v) is 7.15. The summed E-state index contributed by atoms with van der Waals surface area (Å²) in [7, 11) is 3.17. The lowest BCUT2D eigenvalue weighted by atomic mass is 9.81. The fraction of sp³-hybridized carbons (Fsp3) is 0.167. The van der Waals surface area contributed by atoms with Crippen molar-refractivity contribution in [2.24, 2.45) is 5.73 Å². The Bertz CT molecular complexity index is 1310. The van der Waals surface area contributed by atoms with Crippen LogP contribution >= 0.6 is 0 Å². The summed E-state index contributed by atoms with van der Waals surface area (Å²) >= 11 is 0. The number of nitrogens with zero attached hydrogens (tertiary/aromatic N) is 2. The van der Waals surface area contributed by atoms with Gasteiger partial charge in [0.25, 0.3) is 0 Å². The number of hydrogen-bond donors (Lipinski definition) is 2. The Morgan fingerprint density at radius 3 is 2.17 bits per heavy atom. The van der Waals surface area contributed by atoms with E-state index < -0.39 is 52.6 Å². The average Bonchev–Trinajstić information content (AvgIpc) is 2.88. The number of phenols is 1. The van der Waals surface area contributed by atoms with Gasteiger partial charge >= 0.3 is 17.9 Å². The molecule has 180 valence electrons. The molecule has 3 rings (SSSR count). The average molecular weight is 481 g/mol. The minimum Gasteiger partial charge on any atom is -0.503 e. The van der Waals surface area contributed by atoms with E-state index in [4.69, 9.17) is 15.2 Å². The Hall–Kier alpha value is -4.85. The third-order valence-electron chi connectivity index (χ3n) is 5.32. The number of phenolic OH excluding ortho intramolecular Hbond substituents is 1. The third-order valence-corrected chi connectivity index (χ3v) is 5.32. The highest BCUT2D eigenvalue weighted by atomic mass is 19.1. The van der Waals surface area contributed by atoms with E-state index >= 15 is 0 Å². The van der Waals surface area contributed by atoms with Crippen LogP contribution in [0, 0.1) is 17.1 Å². The predicted molar refractivity (Wildman–Crippen MR) is 119 cm³/mol. The van der Waals surface area contributed by atoms with E-state index in [0.29, 0.717) is 5.56 Å². The van der Waals surface area contributed by atoms with Crippen molar-refractivity contribution in [3.05, 3.63) is 82.1 Å². The van der Waals surface area contributed by atoms with E-state index in [-0.39, 0.29) is 16.7 Å². The molecule has 1 atom stereocenters. The topological polar surface area (TPSA) is 152 Å². The summed E-state index contributed by atoms with van der Waals surface area (Å²) in [6.45, 7) is 0. The van der Waals surface area contributed by atoms with Gasteiger partial charge in [0.1, 0.15) is 11.5 Å². The van der Waals surface area contributed by atoms with Crippen LogP contribution in [0.15, 0.2) is 65.1 Å². The molecule has 2 aromatic rings. The highest BCUT2D eigenvalue weighted by molar-refractivity contribution is 6.07. The van der Waals surface area contributed by atoms with Gasteiger partial charge in [-0.3, -0.25) is 4.90 Å². The number of esters is 3. The van der Waals surface area contributed by atoms with Gasteiger partial charge in [-0.1, -0.05) is 30.3 Å². The van der Waals surface area contributed by atoms with Crippen LogP contribution in [0.2, 0.25) is 0 Å². The monoisotopic (exact) mass is 481 g/mol. The molecule has 35 heavy (non-hydrogen) atoms. The van der Waals surface area contributed by atoms with E-state index in [2.05, 4.69) is 4.74 Å². The summed E-state index contributed by atoms with van der Waals surface area (Å²) in [5.41, 5.74) is 4.79. The number of benzene rings is 2. The maximum atomic E-state index is 14.6. The molecular weight excluding hydrogens is 461 g/mol. The van der Waals surface area contributed by atoms with Crippen molar-refractivity contribution in [2.75, 3.05) is 26.2 Å². The Kier molecular flexibility index (Phi) is 7.06. The van der Waals surface area contributed by atoms with Gasteiger partial charge in [0.05, 0.1) is 55.7 Å². The molecule has 0 amide bonds. The second kappa shape index (κ2) is 9.96. The largest absolute Gasteiger partial charge is 0.503 e. The molecule has 0 bridgehead atoms. The van der Waals surface area contributed by atoms with E-state index in [9.17, 15) is 29.1 Å². The van der Waals surface area contributed by atoms with Gasteiger partial charge in [0, 0.05) is 0 Å². The zero-order chi connectivity index (χ0) is 25.9. The van der Waals surface area contributed by atoms with Crippen LogP contribution in [0.3, 0.4) is 0 Å². The van der Waals surface area contributed by atoms with Gasteiger partial charge in [0.15, 0.2) is 11.6 Å². The molecule has 0 saturated carbocycles. The quantitative estimate of drug-likeness (QED) is 0.480. The molecule has 1 heterocycles. The van der Waals surface area contributed by atoms with Crippen molar-refractivity contribution >= 4 is 23.6 Å². The van der Waals surface area contributed by atoms with E-state index in [1.807, 2.05) is 6.07 Å². The molecule has 1 unspecified atom stereocenters. The first-order valence-corrected chi connectivity index (χ1v) is 9.98. The molecular formula is C24H20FN3O7. The van der Waals surface area contributed by atoms with Gasteiger partial charge in [0.2, 0.25) is 0 Å². The van der Waals surface area contributed by atoms with E-state index in [1.165, 1.54) is 0 Å². The molecule has 0 aromatic heterocycles. The molecule has 0 aliphatic carbocycles. The SMILES string of the molecule is COC(=O)C1=C(C(=O)OC)N(c2cc(C(=O)OC)cc(F)c2O)C(N)=C(C#N)C1c1ccccc1. The molecule has 1 aliphatic rings. The van der Waals surface area contributed by atoms with Gasteiger partial charge in [-0.25, -0.2) is 18.8 Å². The van der Waals surface area contributed by atoms with Crippen molar-refractivity contribution in [1.82, 2.24) is 0 Å². The smallest absolute Gasteiger partial charge is 0.355 e. The second-order valence-electron chi connectivity index (χ2n) is 7.15. The lowest BCUT2D eigenvalue weighted by Crippen LogP contribution is -2.41. The zero-order valence-electron chi connectivity index (χ0n) is 18.9. The Morgan fingerprint density at radius 1 is 1.03 bits per heavy atom. The molecule has 3 N–H and O–H groups in total. The molecule has 11 heteroatoms. The van der Waals surface area contributed by atoms with Crippen LogP contribution in [0.4, 0.5) is 10.1 Å². The van der Waals surface area contributed by atoms with Gasteiger partial charge in [-0.2, -0.15) is 5.26 Å². The van der Waals surface area contributed by atoms with E-state index in [1.54, 1.807) is 30.3 Å². The predicted octanol–water partition coefficient (Wildman–Crippen LogP) is 2.22. The number of carbonyl (C=O) groups is 3. The standard InChI is InChI=1S/C24H20FN3O7/c1-33-22(30)13-9-15(25)20(29)16(10-13)28-19(24(32)35-3)18(23(31)34-2)17(14(11-26)21(28)27)12-7-5-4-6-8-12/h4-10,17,29H,27H2,1-3H3. The summed E-state index contributed by atoms with van der Waals surface area (Å²) in [4.78, 5) is 38.9. The summed E-state index contributed by atoms with van der Waals surface area (Å²) in [6.07, 6.45) is 0. The number of allylic oxidation sites excluding steroid dienone is 1. The molecule has 0 saturated heterocycles. The minimum atomic E-state index is -1.25. The van der Waals surface area contributed by atoms with Gasteiger partial charge in [-0.15, -0.1) is 0 Å². The molecule has 0 spiro atoms. The highest BCUT2D eigenvalue weighted by Crippen LogP contribution is 2.45. The number of nitrogens with two attached hydrogens (primary N) is 1. The number of methoxy groups -OCH3 is 3. The van der Waals surface area contributed by atoms with Crippen molar-refractivity contribution in [3.8, 4) is 11.8 Å². The Labute approximate surface area is 199 Å². The third kappa shape index (κ3) is 4.24. The van der Waals surface area contributed by atoms with Gasteiger partial charge in [-0.05, 0) is 17.7 Å². The number of rotatable bonds is 5. The van der Waals surface area contributed by atoms with Crippen LogP contribution in [-0.4, -0.2) is 44.3 Å². The number of hydrogen-bond acceptors (Lipinski definition) is 10. The molecule has 2 aromatic carbocycles. The lowest BCUT2D eigenvalue weighted by Gasteiger charge is -2.36. The van der Waals surface area contributed by atoms with Gasteiger partial charge < -0.3 is 25.1 Å². The summed E-state index contributed by atoms with van der Waals surface area (Å²) in [6, 6.07) is 11.9. The maximum absolute atomic E-state index is 14.6. The van der Waals surface area contributed by atoms with E-state index in [0.717, 1.165) is 38.4 Å². The summed E-state index contributed by atoms with van der Waals surface area (Å²) < 4.78 is 29.0. The maximum Gasteiger partial charge on any atom is 0.355 e. The van der Waals surface area contributed by atoms with Crippen molar-refractivity contribution in [1.29, 1.82) is 5.26 Å². The number of nitriles is 1. The normalized spacial score (nSPS) is 15.4. The minimum absolute atomic E-state index is 0.201. The molecule has 10 nitrogen and oxygen atoms in total. The first-order valence-electron chi connectivity index (χ1n) is 9.98. The molecule has 1 aliphatic heterocycles. The number of aromatic hydroxyl groups is 1. The Morgan fingerprint density at radius 2 is 1.63 bits per heavy atom. The van der Waals surface area contributed by atoms with Crippen molar-refractivity contribution < 1.29 is 38.1 Å². The lowest BCUT2D eigenvalue weighted by molar-refractivity contribution is -0.139.